The van der Waals surface area contributed by atoms with Crippen LogP contribution in [0.2, 0.25) is 0 Å². The standard InChI is InChI=1S/C14H15N3O4/c1-3-20-13(18)12(14(19)21-4-2)16-17-9-15-10-7-5-6-8-11(10)17/h5-9H,3-4H2,1-2H3. The molecule has 1 heterocycles. The van der Waals surface area contributed by atoms with Crippen molar-refractivity contribution in [3.63, 3.8) is 0 Å². The highest BCUT2D eigenvalue weighted by atomic mass is 16.6. The molecular weight excluding hydrogens is 274 g/mol. The number of fused-ring (bicyclic) bond motifs is 1. The van der Waals surface area contributed by atoms with Crippen LogP contribution in [0.1, 0.15) is 13.8 Å². The van der Waals surface area contributed by atoms with Gasteiger partial charge in [0.1, 0.15) is 6.33 Å². The molecule has 0 aliphatic heterocycles. The third kappa shape index (κ3) is 3.25. The van der Waals surface area contributed by atoms with Gasteiger partial charge in [-0.2, -0.15) is 5.10 Å². The average Bonchev–Trinajstić information content (AvgIpc) is 2.88. The van der Waals surface area contributed by atoms with Gasteiger partial charge in [-0.1, -0.05) is 12.1 Å². The van der Waals surface area contributed by atoms with E-state index in [1.165, 1.54) is 11.0 Å². The predicted molar refractivity (Wildman–Crippen MR) is 75.8 cm³/mol. The van der Waals surface area contributed by atoms with E-state index in [0.717, 1.165) is 0 Å². The minimum absolute atomic E-state index is 0.141. The van der Waals surface area contributed by atoms with Crippen LogP contribution in [0.3, 0.4) is 0 Å². The van der Waals surface area contributed by atoms with Gasteiger partial charge in [0, 0.05) is 0 Å². The van der Waals surface area contributed by atoms with Crippen molar-refractivity contribution in [2.24, 2.45) is 5.10 Å². The van der Waals surface area contributed by atoms with Crippen LogP contribution in [0.4, 0.5) is 0 Å². The number of rotatable bonds is 5. The largest absolute Gasteiger partial charge is 0.461 e. The summed E-state index contributed by atoms with van der Waals surface area (Å²) >= 11 is 0. The Hall–Kier alpha value is -2.70. The van der Waals surface area contributed by atoms with Gasteiger partial charge in [-0.15, -0.1) is 0 Å². The van der Waals surface area contributed by atoms with Crippen LogP contribution in [0.15, 0.2) is 35.7 Å². The number of carbonyl (C=O) groups excluding carboxylic acids is 2. The summed E-state index contributed by atoms with van der Waals surface area (Å²) in [6.07, 6.45) is 1.42. The molecule has 0 unspecified atom stereocenters. The second-order valence-corrected chi connectivity index (χ2v) is 3.97. The average molecular weight is 289 g/mol. The lowest BCUT2D eigenvalue weighted by Gasteiger charge is -2.05. The molecule has 0 radical (unpaired) electrons. The van der Waals surface area contributed by atoms with Crippen LogP contribution in [0.25, 0.3) is 11.0 Å². The number of benzene rings is 1. The second-order valence-electron chi connectivity index (χ2n) is 3.97. The number of para-hydroxylation sites is 2. The third-order valence-corrected chi connectivity index (χ3v) is 2.58. The van der Waals surface area contributed by atoms with Gasteiger partial charge >= 0.3 is 11.9 Å². The first-order chi connectivity index (χ1) is 10.2. The molecule has 0 spiro atoms. The van der Waals surface area contributed by atoms with Crippen molar-refractivity contribution in [3.8, 4) is 0 Å². The second kappa shape index (κ2) is 6.65. The monoisotopic (exact) mass is 289 g/mol. The van der Waals surface area contributed by atoms with Crippen molar-refractivity contribution >= 4 is 28.7 Å². The molecule has 0 aliphatic carbocycles. The van der Waals surface area contributed by atoms with E-state index in [1.807, 2.05) is 12.1 Å². The molecule has 7 heteroatoms. The van der Waals surface area contributed by atoms with E-state index >= 15 is 0 Å². The maximum atomic E-state index is 11.8. The molecule has 0 saturated carbocycles. The number of ether oxygens (including phenoxy) is 2. The van der Waals surface area contributed by atoms with E-state index in [1.54, 1.807) is 26.0 Å². The number of imidazole rings is 1. The summed E-state index contributed by atoms with van der Waals surface area (Å²) < 4.78 is 11.0. The number of carbonyl (C=O) groups is 2. The van der Waals surface area contributed by atoms with Crippen LogP contribution in [0.5, 0.6) is 0 Å². The summed E-state index contributed by atoms with van der Waals surface area (Å²) in [5, 5.41) is 4.01. The quantitative estimate of drug-likeness (QED) is 0.471. The lowest BCUT2D eigenvalue weighted by molar-refractivity contribution is -0.140. The Morgan fingerprint density at radius 1 is 1.14 bits per heavy atom. The highest BCUT2D eigenvalue weighted by molar-refractivity contribution is 6.62. The van der Waals surface area contributed by atoms with Gasteiger partial charge in [0.25, 0.3) is 5.71 Å². The Morgan fingerprint density at radius 3 is 2.38 bits per heavy atom. The maximum absolute atomic E-state index is 11.8. The van der Waals surface area contributed by atoms with Crippen LogP contribution >= 0.6 is 0 Å². The van der Waals surface area contributed by atoms with Crippen molar-refractivity contribution in [2.75, 3.05) is 13.2 Å². The van der Waals surface area contributed by atoms with Gasteiger partial charge in [0.2, 0.25) is 0 Å². The normalized spacial score (nSPS) is 10.2. The SMILES string of the molecule is CCOC(=O)C(=Nn1cnc2ccccc21)C(=O)OCC. The first-order valence-corrected chi connectivity index (χ1v) is 6.52. The molecule has 110 valence electrons. The first kappa shape index (κ1) is 14.7. The van der Waals surface area contributed by atoms with Crippen molar-refractivity contribution in [1.29, 1.82) is 0 Å². The van der Waals surface area contributed by atoms with Gasteiger partial charge in [-0.3, -0.25) is 0 Å². The van der Waals surface area contributed by atoms with E-state index in [4.69, 9.17) is 9.47 Å². The summed E-state index contributed by atoms with van der Waals surface area (Å²) in [4.78, 5) is 27.8. The van der Waals surface area contributed by atoms with Gasteiger partial charge in [0.15, 0.2) is 0 Å². The fourth-order valence-electron chi connectivity index (χ4n) is 1.70. The number of hydrogen-bond acceptors (Lipinski definition) is 6. The molecule has 0 atom stereocenters. The summed E-state index contributed by atoms with van der Waals surface area (Å²) in [5.41, 5.74) is 0.957. The molecule has 1 aromatic carbocycles. The molecule has 2 rings (SSSR count). The first-order valence-electron chi connectivity index (χ1n) is 6.52. The summed E-state index contributed by atoms with van der Waals surface area (Å²) in [7, 11) is 0. The minimum Gasteiger partial charge on any atom is -0.461 e. The zero-order valence-electron chi connectivity index (χ0n) is 11.8. The molecule has 2 aromatic rings. The molecule has 0 fully saturated rings. The fourth-order valence-corrected chi connectivity index (χ4v) is 1.70. The van der Waals surface area contributed by atoms with Crippen molar-refractivity contribution in [2.45, 2.75) is 13.8 Å². The molecule has 21 heavy (non-hydrogen) atoms. The number of nitrogens with zero attached hydrogens (tertiary/aromatic N) is 3. The predicted octanol–water partition coefficient (Wildman–Crippen LogP) is 1.37. The van der Waals surface area contributed by atoms with E-state index in [9.17, 15) is 9.59 Å². The molecule has 0 bridgehead atoms. The van der Waals surface area contributed by atoms with Gasteiger partial charge in [0.05, 0.1) is 24.2 Å². The third-order valence-electron chi connectivity index (χ3n) is 2.58. The Labute approximate surface area is 121 Å². The Morgan fingerprint density at radius 2 is 1.76 bits per heavy atom. The van der Waals surface area contributed by atoms with Crippen LogP contribution in [-0.4, -0.2) is 40.5 Å². The van der Waals surface area contributed by atoms with Gasteiger partial charge in [-0.25, -0.2) is 19.2 Å². The van der Waals surface area contributed by atoms with Crippen LogP contribution in [-0.2, 0) is 19.1 Å². The number of hydrogen-bond donors (Lipinski definition) is 0. The summed E-state index contributed by atoms with van der Waals surface area (Å²) in [6.45, 7) is 3.57. The molecule has 0 saturated heterocycles. The Balaban J connectivity index is 2.44. The molecule has 0 aliphatic rings. The van der Waals surface area contributed by atoms with E-state index in [0.29, 0.717) is 11.0 Å². The fraction of sp³-hybridized carbons (Fsp3) is 0.286. The molecule has 7 nitrogen and oxygen atoms in total. The Bertz CT molecular complexity index is 670. The molecule has 1 aromatic heterocycles. The maximum Gasteiger partial charge on any atom is 0.366 e. The van der Waals surface area contributed by atoms with E-state index in [-0.39, 0.29) is 13.2 Å². The highest BCUT2D eigenvalue weighted by Crippen LogP contribution is 2.11. The lowest BCUT2D eigenvalue weighted by atomic mass is 10.3. The lowest BCUT2D eigenvalue weighted by Crippen LogP contribution is -2.29. The molecule has 0 amide bonds. The topological polar surface area (TPSA) is 82.8 Å². The van der Waals surface area contributed by atoms with Crippen molar-refractivity contribution < 1.29 is 19.1 Å². The highest BCUT2D eigenvalue weighted by Gasteiger charge is 2.24. The molecular formula is C14H15N3O4. The van der Waals surface area contributed by atoms with Crippen molar-refractivity contribution in [1.82, 2.24) is 9.66 Å². The van der Waals surface area contributed by atoms with Gasteiger partial charge in [-0.05, 0) is 26.0 Å². The Kier molecular flexibility index (Phi) is 4.65. The van der Waals surface area contributed by atoms with Crippen LogP contribution in [0, 0.1) is 0 Å². The summed E-state index contributed by atoms with van der Waals surface area (Å²) in [5.74, 6) is -1.65. The van der Waals surface area contributed by atoms with Crippen molar-refractivity contribution in [3.05, 3.63) is 30.6 Å². The number of aromatic nitrogens is 2. The van der Waals surface area contributed by atoms with Gasteiger partial charge < -0.3 is 9.47 Å². The van der Waals surface area contributed by atoms with Crippen LogP contribution < -0.4 is 0 Å². The smallest absolute Gasteiger partial charge is 0.366 e. The van der Waals surface area contributed by atoms with E-state index < -0.39 is 17.7 Å². The zero-order chi connectivity index (χ0) is 15.2. The van der Waals surface area contributed by atoms with E-state index in [2.05, 4.69) is 10.1 Å². The minimum atomic E-state index is -0.825. The molecule has 0 N–H and O–H groups in total. The zero-order valence-corrected chi connectivity index (χ0v) is 11.8. The number of esters is 2. The summed E-state index contributed by atoms with van der Waals surface area (Å²) in [6, 6.07) is 7.22.